The normalized spacial score (nSPS) is 10.4. The summed E-state index contributed by atoms with van der Waals surface area (Å²) in [6.07, 6.45) is 0.101. The van der Waals surface area contributed by atoms with Crippen LogP contribution in [0, 0.1) is 0 Å². The number of rotatable bonds is 3. The molecule has 0 aliphatic heterocycles. The second-order valence-corrected chi connectivity index (χ2v) is 3.46. The molecule has 6 heteroatoms. The Morgan fingerprint density at radius 2 is 2.06 bits per heavy atom. The first-order valence-corrected chi connectivity index (χ1v) is 5.13. The van der Waals surface area contributed by atoms with Gasteiger partial charge in [0, 0.05) is 6.42 Å². The van der Waals surface area contributed by atoms with Crippen LogP contribution in [0.2, 0.25) is 0 Å². The van der Waals surface area contributed by atoms with Gasteiger partial charge in [-0.3, -0.25) is 9.59 Å². The molecule has 0 amide bonds. The van der Waals surface area contributed by atoms with Crippen LogP contribution in [0.4, 0.5) is 0 Å². The molecule has 0 unspecified atom stereocenters. The van der Waals surface area contributed by atoms with Crippen LogP contribution in [0.3, 0.4) is 0 Å². The number of aromatic nitrogens is 3. The van der Waals surface area contributed by atoms with Gasteiger partial charge < -0.3 is 4.74 Å². The van der Waals surface area contributed by atoms with Crippen molar-refractivity contribution in [2.75, 3.05) is 7.11 Å². The predicted octanol–water partition coefficient (Wildman–Crippen LogP) is 1.02. The molecular formula is C11H11N3O3. The highest BCUT2D eigenvalue weighted by molar-refractivity contribution is 5.90. The van der Waals surface area contributed by atoms with E-state index in [4.69, 9.17) is 0 Å². The van der Waals surface area contributed by atoms with Crippen LogP contribution in [0.5, 0.6) is 0 Å². The molecule has 0 aliphatic rings. The third kappa shape index (κ3) is 2.30. The molecule has 17 heavy (non-hydrogen) atoms. The van der Waals surface area contributed by atoms with Crippen LogP contribution in [0.15, 0.2) is 24.3 Å². The number of carbonyl (C=O) groups is 2. The summed E-state index contributed by atoms with van der Waals surface area (Å²) in [5.74, 6) is -0.688. The first-order valence-electron chi connectivity index (χ1n) is 5.13. The van der Waals surface area contributed by atoms with Crippen LogP contribution in [-0.4, -0.2) is 34.0 Å². The van der Waals surface area contributed by atoms with Crippen molar-refractivity contribution in [1.29, 1.82) is 0 Å². The van der Waals surface area contributed by atoms with E-state index in [0.717, 1.165) is 0 Å². The summed E-state index contributed by atoms with van der Waals surface area (Å²) in [4.78, 5) is 22.7. The van der Waals surface area contributed by atoms with Gasteiger partial charge in [-0.15, -0.1) is 5.10 Å². The van der Waals surface area contributed by atoms with E-state index < -0.39 is 5.97 Å². The van der Waals surface area contributed by atoms with Crippen LogP contribution in [0.1, 0.15) is 17.6 Å². The van der Waals surface area contributed by atoms with Crippen molar-refractivity contribution in [3.8, 4) is 0 Å². The first kappa shape index (κ1) is 11.3. The van der Waals surface area contributed by atoms with Crippen molar-refractivity contribution in [2.45, 2.75) is 12.8 Å². The molecule has 1 aromatic carbocycles. The maximum atomic E-state index is 11.8. The Morgan fingerprint density at radius 3 is 2.82 bits per heavy atom. The number of carbonyl (C=O) groups excluding carboxylic acids is 2. The standard InChI is InChI=1S/C11H11N3O3/c1-17-11(16)7-6-10(15)14-9-5-3-2-4-8(9)12-13-14/h2-5H,6-7H2,1H3. The van der Waals surface area contributed by atoms with E-state index in [-0.39, 0.29) is 18.7 Å². The fourth-order valence-corrected chi connectivity index (χ4v) is 1.47. The highest BCUT2D eigenvalue weighted by atomic mass is 16.5. The second-order valence-electron chi connectivity index (χ2n) is 3.46. The third-order valence-corrected chi connectivity index (χ3v) is 2.36. The van der Waals surface area contributed by atoms with Gasteiger partial charge in [-0.25, -0.2) is 0 Å². The van der Waals surface area contributed by atoms with Crippen molar-refractivity contribution >= 4 is 22.9 Å². The van der Waals surface area contributed by atoms with Gasteiger partial charge in [0.2, 0.25) is 5.91 Å². The van der Waals surface area contributed by atoms with Crippen molar-refractivity contribution in [3.05, 3.63) is 24.3 Å². The quantitative estimate of drug-likeness (QED) is 0.740. The zero-order valence-corrected chi connectivity index (χ0v) is 9.29. The van der Waals surface area contributed by atoms with E-state index in [2.05, 4.69) is 15.0 Å². The molecule has 2 aromatic rings. The van der Waals surface area contributed by atoms with Crippen molar-refractivity contribution in [1.82, 2.24) is 15.0 Å². The van der Waals surface area contributed by atoms with E-state index in [1.807, 2.05) is 6.07 Å². The van der Waals surface area contributed by atoms with Gasteiger partial charge >= 0.3 is 5.97 Å². The molecule has 0 saturated heterocycles. The molecule has 1 aromatic heterocycles. The average molecular weight is 233 g/mol. The first-order chi connectivity index (χ1) is 8.22. The molecule has 0 spiro atoms. The smallest absolute Gasteiger partial charge is 0.306 e. The van der Waals surface area contributed by atoms with Gasteiger partial charge in [-0.2, -0.15) is 4.68 Å². The zero-order valence-electron chi connectivity index (χ0n) is 9.29. The van der Waals surface area contributed by atoms with Gasteiger partial charge in [0.25, 0.3) is 0 Å². The lowest BCUT2D eigenvalue weighted by Gasteiger charge is -2.00. The summed E-state index contributed by atoms with van der Waals surface area (Å²) in [5, 5.41) is 7.63. The number of hydrogen-bond acceptors (Lipinski definition) is 5. The number of hydrogen-bond donors (Lipinski definition) is 0. The Hall–Kier alpha value is -2.24. The molecule has 0 N–H and O–H groups in total. The Balaban J connectivity index is 2.17. The van der Waals surface area contributed by atoms with Crippen molar-refractivity contribution < 1.29 is 14.3 Å². The average Bonchev–Trinajstić information content (AvgIpc) is 2.79. The molecule has 0 atom stereocenters. The Morgan fingerprint density at radius 1 is 1.29 bits per heavy atom. The van der Waals surface area contributed by atoms with Gasteiger partial charge in [-0.1, -0.05) is 17.3 Å². The highest BCUT2D eigenvalue weighted by Gasteiger charge is 2.13. The maximum absolute atomic E-state index is 11.8. The number of fused-ring (bicyclic) bond motifs is 1. The SMILES string of the molecule is COC(=O)CCC(=O)n1nnc2ccccc21. The fraction of sp³-hybridized carbons (Fsp3) is 0.273. The Labute approximate surface area is 97.2 Å². The number of esters is 1. The summed E-state index contributed by atoms with van der Waals surface area (Å²) >= 11 is 0. The summed E-state index contributed by atoms with van der Waals surface area (Å²) in [7, 11) is 1.29. The summed E-state index contributed by atoms with van der Waals surface area (Å²) < 4.78 is 5.68. The molecule has 0 fully saturated rings. The predicted molar refractivity (Wildman–Crippen MR) is 59.4 cm³/mol. The van der Waals surface area contributed by atoms with Crippen molar-refractivity contribution in [2.24, 2.45) is 0 Å². The highest BCUT2D eigenvalue weighted by Crippen LogP contribution is 2.10. The lowest BCUT2D eigenvalue weighted by molar-refractivity contribution is -0.140. The van der Waals surface area contributed by atoms with Crippen LogP contribution < -0.4 is 0 Å². The number of ether oxygens (including phenoxy) is 1. The molecule has 0 radical (unpaired) electrons. The minimum absolute atomic E-state index is 0.0452. The number of benzene rings is 1. The maximum Gasteiger partial charge on any atom is 0.306 e. The van der Waals surface area contributed by atoms with Gasteiger partial charge in [0.1, 0.15) is 5.52 Å². The van der Waals surface area contributed by atoms with Gasteiger partial charge in [-0.05, 0) is 12.1 Å². The molecule has 2 rings (SSSR count). The minimum Gasteiger partial charge on any atom is -0.469 e. The van der Waals surface area contributed by atoms with E-state index >= 15 is 0 Å². The molecule has 1 heterocycles. The number of nitrogens with zero attached hydrogens (tertiary/aromatic N) is 3. The number of methoxy groups -OCH3 is 1. The van der Waals surface area contributed by atoms with Crippen molar-refractivity contribution in [3.63, 3.8) is 0 Å². The lowest BCUT2D eigenvalue weighted by atomic mass is 10.3. The molecule has 0 bridgehead atoms. The van der Waals surface area contributed by atoms with E-state index in [0.29, 0.717) is 11.0 Å². The molecule has 0 saturated carbocycles. The Kier molecular flexibility index (Phi) is 3.13. The molecular weight excluding hydrogens is 222 g/mol. The van der Waals surface area contributed by atoms with E-state index in [1.54, 1.807) is 18.2 Å². The fourth-order valence-electron chi connectivity index (χ4n) is 1.47. The summed E-state index contributed by atoms with van der Waals surface area (Å²) in [5.41, 5.74) is 1.29. The summed E-state index contributed by atoms with van der Waals surface area (Å²) in [6.45, 7) is 0. The van der Waals surface area contributed by atoms with E-state index in [1.165, 1.54) is 11.8 Å². The third-order valence-electron chi connectivity index (χ3n) is 2.36. The molecule has 88 valence electrons. The number of para-hydroxylation sites is 1. The topological polar surface area (TPSA) is 74.1 Å². The monoisotopic (exact) mass is 233 g/mol. The lowest BCUT2D eigenvalue weighted by Crippen LogP contribution is -2.14. The molecule has 0 aliphatic carbocycles. The van der Waals surface area contributed by atoms with Gasteiger partial charge in [0.15, 0.2) is 0 Å². The van der Waals surface area contributed by atoms with Crippen LogP contribution in [-0.2, 0) is 9.53 Å². The Bertz CT molecular complexity index is 562. The summed E-state index contributed by atoms with van der Waals surface area (Å²) in [6, 6.07) is 7.15. The van der Waals surface area contributed by atoms with E-state index in [9.17, 15) is 9.59 Å². The minimum atomic E-state index is -0.414. The van der Waals surface area contributed by atoms with Crippen LogP contribution in [0.25, 0.3) is 11.0 Å². The van der Waals surface area contributed by atoms with Gasteiger partial charge in [0.05, 0.1) is 19.0 Å². The second kappa shape index (κ2) is 4.73. The van der Waals surface area contributed by atoms with Crippen LogP contribution >= 0.6 is 0 Å². The largest absolute Gasteiger partial charge is 0.469 e. The zero-order chi connectivity index (χ0) is 12.3. The molecule has 6 nitrogen and oxygen atoms in total.